The molecule has 0 bridgehead atoms. The van der Waals surface area contributed by atoms with Crippen molar-refractivity contribution < 1.29 is 26.7 Å². The molecule has 0 unspecified atom stereocenters. The molecular formula is C17H17F5N2O. The zero-order valence-electron chi connectivity index (χ0n) is 13.5. The van der Waals surface area contributed by atoms with Crippen molar-refractivity contribution in [1.82, 2.24) is 9.78 Å². The molecule has 1 aliphatic rings. The average molecular weight is 360 g/mol. The molecule has 1 fully saturated rings. The number of aromatic nitrogens is 2. The Balaban J connectivity index is 1.90. The highest BCUT2D eigenvalue weighted by atomic mass is 19.4. The minimum absolute atomic E-state index is 0.199. The number of alkyl halides is 5. The van der Waals surface area contributed by atoms with Crippen molar-refractivity contribution in [3.8, 4) is 17.0 Å². The third-order valence-electron chi connectivity index (χ3n) is 4.25. The molecular weight excluding hydrogens is 343 g/mol. The second-order valence-electron chi connectivity index (χ2n) is 6.28. The van der Waals surface area contributed by atoms with E-state index in [-0.39, 0.29) is 37.5 Å². The van der Waals surface area contributed by atoms with E-state index in [2.05, 4.69) is 9.84 Å². The van der Waals surface area contributed by atoms with Gasteiger partial charge in [0, 0.05) is 18.4 Å². The molecule has 136 valence electrons. The maximum Gasteiger partial charge on any atom is 0.573 e. The quantitative estimate of drug-likeness (QED) is 0.675. The van der Waals surface area contributed by atoms with Crippen LogP contribution in [-0.4, -0.2) is 22.1 Å². The van der Waals surface area contributed by atoms with E-state index >= 15 is 0 Å². The van der Waals surface area contributed by atoms with Gasteiger partial charge in [0.15, 0.2) is 0 Å². The zero-order valence-corrected chi connectivity index (χ0v) is 13.5. The van der Waals surface area contributed by atoms with Crippen molar-refractivity contribution in [2.45, 2.75) is 50.9 Å². The maximum atomic E-state index is 13.4. The molecule has 0 spiro atoms. The molecule has 25 heavy (non-hydrogen) atoms. The van der Waals surface area contributed by atoms with E-state index in [0.29, 0.717) is 17.0 Å². The Morgan fingerprint density at radius 3 is 2.48 bits per heavy atom. The number of halogens is 5. The standard InChI is InChI=1S/C17H17F5N2O/c1-11-9-15(12-3-2-4-14(10-12)25-17(20,21)22)24(23-11)13-5-7-16(18,19)8-6-13/h2-4,9-10,13H,5-8H2,1H3. The molecule has 2 aromatic rings. The highest BCUT2D eigenvalue weighted by Gasteiger charge is 2.36. The van der Waals surface area contributed by atoms with E-state index < -0.39 is 12.3 Å². The van der Waals surface area contributed by atoms with Gasteiger partial charge in [-0.15, -0.1) is 13.2 Å². The normalized spacial score (nSPS) is 18.3. The van der Waals surface area contributed by atoms with Crippen LogP contribution in [0.5, 0.6) is 5.75 Å². The summed E-state index contributed by atoms with van der Waals surface area (Å²) >= 11 is 0. The predicted molar refractivity (Wildman–Crippen MR) is 81.5 cm³/mol. The first kappa shape index (κ1) is 17.7. The lowest BCUT2D eigenvalue weighted by molar-refractivity contribution is -0.274. The van der Waals surface area contributed by atoms with Crippen molar-refractivity contribution >= 4 is 0 Å². The molecule has 0 N–H and O–H groups in total. The molecule has 0 aliphatic heterocycles. The Hall–Kier alpha value is -2.12. The maximum absolute atomic E-state index is 13.4. The van der Waals surface area contributed by atoms with Crippen molar-refractivity contribution in [3.05, 3.63) is 36.0 Å². The summed E-state index contributed by atoms with van der Waals surface area (Å²) < 4.78 is 69.6. The van der Waals surface area contributed by atoms with Gasteiger partial charge in [0.1, 0.15) is 5.75 Å². The van der Waals surface area contributed by atoms with Crippen molar-refractivity contribution in [2.75, 3.05) is 0 Å². The molecule has 3 rings (SSSR count). The van der Waals surface area contributed by atoms with Gasteiger partial charge in [-0.3, -0.25) is 4.68 Å². The summed E-state index contributed by atoms with van der Waals surface area (Å²) in [5.41, 5.74) is 1.77. The number of hydrogen-bond acceptors (Lipinski definition) is 2. The van der Waals surface area contributed by atoms with Gasteiger partial charge >= 0.3 is 6.36 Å². The first-order valence-electron chi connectivity index (χ1n) is 7.93. The fourth-order valence-electron chi connectivity index (χ4n) is 3.13. The van der Waals surface area contributed by atoms with Crippen LogP contribution in [0.2, 0.25) is 0 Å². The molecule has 0 atom stereocenters. The highest BCUT2D eigenvalue weighted by molar-refractivity contribution is 5.62. The van der Waals surface area contributed by atoms with Crippen LogP contribution in [0.4, 0.5) is 22.0 Å². The zero-order chi connectivity index (χ0) is 18.2. The summed E-state index contributed by atoms with van der Waals surface area (Å²) in [5.74, 6) is -2.98. The van der Waals surface area contributed by atoms with Crippen LogP contribution >= 0.6 is 0 Å². The van der Waals surface area contributed by atoms with E-state index in [4.69, 9.17) is 0 Å². The van der Waals surface area contributed by atoms with Gasteiger partial charge in [0.25, 0.3) is 0 Å². The molecule has 0 saturated heterocycles. The predicted octanol–water partition coefficient (Wildman–Crippen LogP) is 5.51. The van der Waals surface area contributed by atoms with Crippen LogP contribution < -0.4 is 4.74 Å². The third kappa shape index (κ3) is 4.29. The summed E-state index contributed by atoms with van der Waals surface area (Å²) in [6, 6.07) is 7.13. The lowest BCUT2D eigenvalue weighted by atomic mass is 9.92. The topological polar surface area (TPSA) is 27.1 Å². The average Bonchev–Trinajstić information content (AvgIpc) is 2.88. The van der Waals surface area contributed by atoms with Crippen molar-refractivity contribution in [3.63, 3.8) is 0 Å². The Kier molecular flexibility index (Phi) is 4.47. The number of aryl methyl sites for hydroxylation is 1. The molecule has 1 aromatic carbocycles. The molecule has 3 nitrogen and oxygen atoms in total. The fourth-order valence-corrected chi connectivity index (χ4v) is 3.13. The van der Waals surface area contributed by atoms with Gasteiger partial charge in [-0.25, -0.2) is 8.78 Å². The Morgan fingerprint density at radius 2 is 1.84 bits per heavy atom. The minimum atomic E-state index is -4.77. The first-order valence-corrected chi connectivity index (χ1v) is 7.93. The molecule has 0 radical (unpaired) electrons. The number of nitrogens with zero attached hydrogens (tertiary/aromatic N) is 2. The van der Waals surface area contributed by atoms with Gasteiger partial charge < -0.3 is 4.74 Å². The highest BCUT2D eigenvalue weighted by Crippen LogP contribution is 2.40. The third-order valence-corrected chi connectivity index (χ3v) is 4.25. The summed E-state index contributed by atoms with van der Waals surface area (Å²) in [4.78, 5) is 0. The van der Waals surface area contributed by atoms with Crippen LogP contribution in [0, 0.1) is 6.92 Å². The van der Waals surface area contributed by atoms with Crippen LogP contribution in [-0.2, 0) is 0 Å². The van der Waals surface area contributed by atoms with Crippen LogP contribution in [0.25, 0.3) is 11.3 Å². The lowest BCUT2D eigenvalue weighted by Crippen LogP contribution is -2.27. The monoisotopic (exact) mass is 360 g/mol. The second kappa shape index (κ2) is 6.31. The van der Waals surface area contributed by atoms with E-state index in [1.54, 1.807) is 23.7 Å². The summed E-state index contributed by atoms with van der Waals surface area (Å²) in [7, 11) is 0. The van der Waals surface area contributed by atoms with Gasteiger partial charge in [0.05, 0.1) is 17.4 Å². The van der Waals surface area contributed by atoms with Crippen LogP contribution in [0.1, 0.15) is 37.4 Å². The van der Waals surface area contributed by atoms with Crippen molar-refractivity contribution in [2.24, 2.45) is 0 Å². The van der Waals surface area contributed by atoms with E-state index in [1.807, 2.05) is 0 Å². The summed E-state index contributed by atoms with van der Waals surface area (Å²) in [6.07, 6.45) is -4.65. The first-order chi connectivity index (χ1) is 11.6. The number of benzene rings is 1. The lowest BCUT2D eigenvalue weighted by Gasteiger charge is -2.29. The molecule has 0 amide bonds. The molecule has 8 heteroatoms. The van der Waals surface area contributed by atoms with E-state index in [9.17, 15) is 22.0 Å². The number of rotatable bonds is 3. The van der Waals surface area contributed by atoms with Gasteiger partial charge in [0.2, 0.25) is 5.92 Å². The van der Waals surface area contributed by atoms with Gasteiger partial charge in [-0.1, -0.05) is 12.1 Å². The van der Waals surface area contributed by atoms with Gasteiger partial charge in [-0.2, -0.15) is 5.10 Å². The summed E-state index contributed by atoms with van der Waals surface area (Å²) in [5, 5.41) is 4.37. The van der Waals surface area contributed by atoms with Crippen molar-refractivity contribution in [1.29, 1.82) is 0 Å². The fraction of sp³-hybridized carbons (Fsp3) is 0.471. The Labute approximate surface area is 141 Å². The largest absolute Gasteiger partial charge is 0.573 e. The van der Waals surface area contributed by atoms with Crippen LogP contribution in [0.3, 0.4) is 0 Å². The molecule has 1 heterocycles. The Morgan fingerprint density at radius 1 is 1.16 bits per heavy atom. The number of hydrogen-bond donors (Lipinski definition) is 0. The minimum Gasteiger partial charge on any atom is -0.406 e. The van der Waals surface area contributed by atoms with Gasteiger partial charge in [-0.05, 0) is 38.0 Å². The second-order valence-corrected chi connectivity index (χ2v) is 6.28. The molecule has 1 aliphatic carbocycles. The SMILES string of the molecule is Cc1cc(-c2cccc(OC(F)(F)F)c2)n(C2CCC(F)(F)CC2)n1. The van der Waals surface area contributed by atoms with E-state index in [1.165, 1.54) is 18.2 Å². The van der Waals surface area contributed by atoms with E-state index in [0.717, 1.165) is 0 Å². The summed E-state index contributed by atoms with van der Waals surface area (Å²) in [6.45, 7) is 1.76. The van der Waals surface area contributed by atoms with Crippen LogP contribution in [0.15, 0.2) is 30.3 Å². The number of ether oxygens (including phenoxy) is 1. The smallest absolute Gasteiger partial charge is 0.406 e. The molecule has 1 saturated carbocycles. The molecule has 1 aromatic heterocycles. The Bertz CT molecular complexity index is 744.